The summed E-state index contributed by atoms with van der Waals surface area (Å²) in [5.41, 5.74) is 0. The van der Waals surface area contributed by atoms with E-state index in [9.17, 15) is 14.4 Å². The van der Waals surface area contributed by atoms with Crippen molar-refractivity contribution in [2.75, 3.05) is 13.2 Å². The van der Waals surface area contributed by atoms with Crippen LogP contribution in [0.25, 0.3) is 0 Å². The lowest BCUT2D eigenvalue weighted by molar-refractivity contribution is -0.167. The van der Waals surface area contributed by atoms with E-state index < -0.39 is 6.10 Å². The Hall–Kier alpha value is -1.59. The molecule has 0 rings (SSSR count). The molecule has 0 fully saturated rings. The van der Waals surface area contributed by atoms with Crippen LogP contribution in [0.3, 0.4) is 0 Å². The Morgan fingerprint density at radius 2 is 0.660 bits per heavy atom. The summed E-state index contributed by atoms with van der Waals surface area (Å²) in [6, 6.07) is 0. The van der Waals surface area contributed by atoms with Gasteiger partial charge in [-0.05, 0) is 25.2 Å². The Labute approximate surface area is 310 Å². The molecule has 1 atom stereocenters. The molecule has 0 saturated carbocycles. The third-order valence-electron chi connectivity index (χ3n) is 9.79. The van der Waals surface area contributed by atoms with E-state index in [0.717, 1.165) is 63.7 Å². The topological polar surface area (TPSA) is 78.9 Å². The van der Waals surface area contributed by atoms with E-state index in [0.29, 0.717) is 19.3 Å². The number of hydrogen-bond acceptors (Lipinski definition) is 6. The third-order valence-corrected chi connectivity index (χ3v) is 9.79. The van der Waals surface area contributed by atoms with Gasteiger partial charge in [-0.1, -0.05) is 201 Å². The number of carbonyl (C=O) groups is 3. The largest absolute Gasteiger partial charge is 0.462 e. The van der Waals surface area contributed by atoms with E-state index in [1.165, 1.54) is 135 Å². The van der Waals surface area contributed by atoms with Gasteiger partial charge in [0, 0.05) is 19.3 Å². The SMILES string of the molecule is CCCCCCCCCCCCCCCC(=O)OC[C@@H](COC(=O)CCCCCCCCCCC)OC(=O)CCCCCCCCCC(C)C. The molecule has 0 amide bonds. The van der Waals surface area contributed by atoms with Crippen LogP contribution in [0, 0.1) is 5.92 Å². The maximum atomic E-state index is 12.6. The minimum Gasteiger partial charge on any atom is -0.462 e. The number of ether oxygens (including phenoxy) is 3. The minimum atomic E-state index is -0.758. The number of rotatable bonds is 39. The van der Waals surface area contributed by atoms with Gasteiger partial charge in [-0.2, -0.15) is 0 Å². The van der Waals surface area contributed by atoms with Crippen molar-refractivity contribution in [3.05, 3.63) is 0 Å². The average Bonchev–Trinajstić information content (AvgIpc) is 3.09. The zero-order valence-corrected chi connectivity index (χ0v) is 33.9. The van der Waals surface area contributed by atoms with Gasteiger partial charge in [0.05, 0.1) is 0 Å². The third kappa shape index (κ3) is 37.7. The number of hydrogen-bond donors (Lipinski definition) is 0. The smallest absolute Gasteiger partial charge is 0.306 e. The van der Waals surface area contributed by atoms with E-state index in [2.05, 4.69) is 27.7 Å². The highest BCUT2D eigenvalue weighted by Gasteiger charge is 2.19. The molecule has 0 radical (unpaired) electrons. The van der Waals surface area contributed by atoms with Gasteiger partial charge in [-0.25, -0.2) is 0 Å². The summed E-state index contributed by atoms with van der Waals surface area (Å²) in [6.07, 6.45) is 36.6. The summed E-state index contributed by atoms with van der Waals surface area (Å²) in [5, 5.41) is 0. The van der Waals surface area contributed by atoms with Crippen LogP contribution in [-0.4, -0.2) is 37.2 Å². The lowest BCUT2D eigenvalue weighted by Crippen LogP contribution is -2.30. The molecular weight excluding hydrogens is 624 g/mol. The fourth-order valence-corrected chi connectivity index (χ4v) is 6.45. The van der Waals surface area contributed by atoms with Crippen molar-refractivity contribution >= 4 is 17.9 Å². The average molecular weight is 709 g/mol. The van der Waals surface area contributed by atoms with Crippen molar-refractivity contribution < 1.29 is 28.6 Å². The highest BCUT2D eigenvalue weighted by atomic mass is 16.6. The molecule has 0 aromatic heterocycles. The van der Waals surface area contributed by atoms with E-state index in [-0.39, 0.29) is 31.1 Å². The Kier molecular flexibility index (Phi) is 37.4. The molecule has 0 heterocycles. The first kappa shape index (κ1) is 48.4. The quantitative estimate of drug-likeness (QED) is 0.0359. The van der Waals surface area contributed by atoms with Crippen LogP contribution in [0.15, 0.2) is 0 Å². The second-order valence-electron chi connectivity index (χ2n) is 15.5. The van der Waals surface area contributed by atoms with Gasteiger partial charge in [-0.15, -0.1) is 0 Å². The summed E-state index contributed by atoms with van der Waals surface area (Å²) in [7, 11) is 0. The maximum Gasteiger partial charge on any atom is 0.306 e. The molecule has 0 aliphatic carbocycles. The molecule has 0 aromatic carbocycles. The lowest BCUT2D eigenvalue weighted by atomic mass is 10.0. The van der Waals surface area contributed by atoms with Crippen molar-refractivity contribution in [2.45, 2.75) is 246 Å². The lowest BCUT2D eigenvalue weighted by Gasteiger charge is -2.18. The fraction of sp³-hybridized carbons (Fsp3) is 0.932. The zero-order valence-electron chi connectivity index (χ0n) is 33.9. The van der Waals surface area contributed by atoms with Crippen LogP contribution in [0.2, 0.25) is 0 Å². The molecule has 0 N–H and O–H groups in total. The molecule has 296 valence electrons. The summed E-state index contributed by atoms with van der Waals surface area (Å²) >= 11 is 0. The highest BCUT2D eigenvalue weighted by Crippen LogP contribution is 2.16. The van der Waals surface area contributed by atoms with E-state index in [4.69, 9.17) is 14.2 Å². The van der Waals surface area contributed by atoms with Crippen LogP contribution in [0.4, 0.5) is 0 Å². The predicted molar refractivity (Wildman–Crippen MR) is 210 cm³/mol. The van der Waals surface area contributed by atoms with Crippen molar-refractivity contribution in [1.29, 1.82) is 0 Å². The first-order valence-corrected chi connectivity index (χ1v) is 21.9. The van der Waals surface area contributed by atoms with Crippen LogP contribution in [-0.2, 0) is 28.6 Å². The minimum absolute atomic E-state index is 0.0648. The molecule has 0 aromatic rings. The first-order chi connectivity index (χ1) is 24.4. The van der Waals surface area contributed by atoms with E-state index in [1.807, 2.05) is 0 Å². The molecule has 0 aliphatic rings. The van der Waals surface area contributed by atoms with Crippen LogP contribution >= 0.6 is 0 Å². The highest BCUT2D eigenvalue weighted by molar-refractivity contribution is 5.71. The van der Waals surface area contributed by atoms with Crippen molar-refractivity contribution in [2.24, 2.45) is 5.92 Å². The second-order valence-corrected chi connectivity index (χ2v) is 15.5. The molecule has 50 heavy (non-hydrogen) atoms. The molecule has 6 heteroatoms. The molecule has 0 bridgehead atoms. The summed E-state index contributed by atoms with van der Waals surface area (Å²) in [6.45, 7) is 8.92. The van der Waals surface area contributed by atoms with Gasteiger partial charge in [0.25, 0.3) is 0 Å². The standard InChI is InChI=1S/C44H84O6/c1-5-7-9-11-13-15-16-17-18-20-24-28-32-36-43(46)49-39-41(38-48-42(45)35-31-27-23-19-14-12-10-8-6-2)50-44(47)37-33-29-25-21-22-26-30-34-40(3)4/h40-41H,5-39H2,1-4H3/t41-/m1/s1. The van der Waals surface area contributed by atoms with Crippen molar-refractivity contribution in [3.63, 3.8) is 0 Å². The Bertz CT molecular complexity index is 751. The predicted octanol–water partition coefficient (Wildman–Crippen LogP) is 13.6. The number of carbonyl (C=O) groups excluding carboxylic acids is 3. The second kappa shape index (κ2) is 38.6. The van der Waals surface area contributed by atoms with Crippen molar-refractivity contribution in [1.82, 2.24) is 0 Å². The monoisotopic (exact) mass is 709 g/mol. The maximum absolute atomic E-state index is 12.6. The van der Waals surface area contributed by atoms with Crippen molar-refractivity contribution in [3.8, 4) is 0 Å². The van der Waals surface area contributed by atoms with Gasteiger partial charge < -0.3 is 14.2 Å². The molecule has 0 aliphatic heterocycles. The van der Waals surface area contributed by atoms with Crippen LogP contribution in [0.1, 0.15) is 240 Å². The van der Waals surface area contributed by atoms with Crippen LogP contribution < -0.4 is 0 Å². The zero-order chi connectivity index (χ0) is 36.8. The van der Waals surface area contributed by atoms with Crippen LogP contribution in [0.5, 0.6) is 0 Å². The molecule has 0 unspecified atom stereocenters. The number of unbranched alkanes of at least 4 members (excludes halogenated alkanes) is 26. The van der Waals surface area contributed by atoms with Gasteiger partial charge in [-0.3, -0.25) is 14.4 Å². The summed E-state index contributed by atoms with van der Waals surface area (Å²) < 4.78 is 16.7. The molecule has 0 saturated heterocycles. The van der Waals surface area contributed by atoms with Gasteiger partial charge in [0.2, 0.25) is 0 Å². The summed E-state index contributed by atoms with van der Waals surface area (Å²) in [5.74, 6) is -0.0839. The Morgan fingerprint density at radius 3 is 0.980 bits per heavy atom. The molecule has 6 nitrogen and oxygen atoms in total. The normalized spacial score (nSPS) is 11.9. The molecular formula is C44H84O6. The van der Waals surface area contributed by atoms with Gasteiger partial charge >= 0.3 is 17.9 Å². The fourth-order valence-electron chi connectivity index (χ4n) is 6.45. The summed E-state index contributed by atoms with van der Waals surface area (Å²) in [4.78, 5) is 37.5. The Balaban J connectivity index is 4.31. The van der Waals surface area contributed by atoms with E-state index in [1.54, 1.807) is 0 Å². The van der Waals surface area contributed by atoms with Gasteiger partial charge in [0.15, 0.2) is 6.10 Å². The van der Waals surface area contributed by atoms with Gasteiger partial charge in [0.1, 0.15) is 13.2 Å². The number of esters is 3. The molecule has 0 spiro atoms. The Morgan fingerprint density at radius 1 is 0.380 bits per heavy atom. The van der Waals surface area contributed by atoms with E-state index >= 15 is 0 Å². The first-order valence-electron chi connectivity index (χ1n) is 21.9.